The highest BCUT2D eigenvalue weighted by Gasteiger charge is 2.41. The third-order valence-electron chi connectivity index (χ3n) is 4.88. The molecule has 0 unspecified atom stereocenters. The molecule has 8 atom stereocenters. The van der Waals surface area contributed by atoms with Crippen molar-refractivity contribution in [1.82, 2.24) is 10.6 Å². The summed E-state index contributed by atoms with van der Waals surface area (Å²) in [7, 11) is 0. The molecule has 0 spiro atoms. The van der Waals surface area contributed by atoms with Crippen molar-refractivity contribution in [3.05, 3.63) is 0 Å². The summed E-state index contributed by atoms with van der Waals surface area (Å²) in [5.41, 5.74) is 0. The van der Waals surface area contributed by atoms with Gasteiger partial charge in [-0.3, -0.25) is 0 Å². The molecule has 2 aliphatic heterocycles. The van der Waals surface area contributed by atoms with E-state index < -0.39 is 36.5 Å². The summed E-state index contributed by atoms with van der Waals surface area (Å²) in [4.78, 5) is 0. The average molecular weight is 320 g/mol. The van der Waals surface area contributed by atoms with Crippen LogP contribution in [-0.4, -0.2) is 92.4 Å². The minimum absolute atomic E-state index is 0.215. The smallest absolute Gasteiger partial charge is 0.0989 e. The quantitative estimate of drug-likeness (QED) is 0.227. The van der Waals surface area contributed by atoms with Crippen LogP contribution >= 0.6 is 0 Å². The number of rotatable bonds is 7. The largest absolute Gasteiger partial charge is 0.395 e. The zero-order valence-corrected chi connectivity index (χ0v) is 12.5. The van der Waals surface area contributed by atoms with Crippen LogP contribution in [0.15, 0.2) is 0 Å². The maximum Gasteiger partial charge on any atom is 0.0989 e. The van der Waals surface area contributed by atoms with Gasteiger partial charge in [0, 0.05) is 12.1 Å². The number of hydrogen-bond donors (Lipinski definition) is 8. The molecular formula is C14H28N2O6. The summed E-state index contributed by atoms with van der Waals surface area (Å²) in [6.07, 6.45) is -0.787. The predicted octanol–water partition coefficient (Wildman–Crippen LogP) is -3.34. The Morgan fingerprint density at radius 2 is 0.864 bits per heavy atom. The lowest BCUT2D eigenvalue weighted by Crippen LogP contribution is -2.36. The van der Waals surface area contributed by atoms with E-state index in [0.717, 1.165) is 12.8 Å². The molecule has 130 valence electrons. The lowest BCUT2D eigenvalue weighted by molar-refractivity contribution is 0.0171. The Hall–Kier alpha value is -0.320. The summed E-state index contributed by atoms with van der Waals surface area (Å²) in [6, 6.07) is -1.47. The van der Waals surface area contributed by atoms with Gasteiger partial charge in [0.25, 0.3) is 0 Å². The van der Waals surface area contributed by atoms with Crippen molar-refractivity contribution in [2.45, 2.75) is 74.3 Å². The highest BCUT2D eigenvalue weighted by Crippen LogP contribution is 2.22. The molecule has 2 rings (SSSR count). The first-order valence-electron chi connectivity index (χ1n) is 7.95. The van der Waals surface area contributed by atoms with Crippen LogP contribution in [0.25, 0.3) is 0 Å². The molecule has 8 N–H and O–H groups in total. The molecule has 0 aromatic heterocycles. The molecular weight excluding hydrogens is 292 g/mol. The van der Waals surface area contributed by atoms with Crippen molar-refractivity contribution in [3.8, 4) is 0 Å². The molecule has 0 aromatic rings. The summed E-state index contributed by atoms with van der Waals surface area (Å²) < 4.78 is 0. The molecule has 2 aliphatic rings. The molecule has 2 saturated heterocycles. The summed E-state index contributed by atoms with van der Waals surface area (Å²) in [6.45, 7) is -0.430. The van der Waals surface area contributed by atoms with Crippen molar-refractivity contribution in [3.63, 3.8) is 0 Å². The standard InChI is InChI=1S/C14H28N2O6/c17-5-9-13(21)11(19)7(15-9)3-1-2-4-8-12(20)14(22)10(6-18)16-8/h7-22H,1-6H2/t7-,8-,9+,10+,11-,12-,13+,14+/m0/s1. The zero-order valence-electron chi connectivity index (χ0n) is 12.5. The summed E-state index contributed by atoms with van der Waals surface area (Å²) >= 11 is 0. The lowest BCUT2D eigenvalue weighted by atomic mass is 9.99. The molecule has 2 heterocycles. The van der Waals surface area contributed by atoms with E-state index in [0.29, 0.717) is 12.8 Å². The lowest BCUT2D eigenvalue weighted by Gasteiger charge is -2.18. The van der Waals surface area contributed by atoms with Gasteiger partial charge in [-0.15, -0.1) is 0 Å². The van der Waals surface area contributed by atoms with Gasteiger partial charge in [-0.1, -0.05) is 12.8 Å². The fourth-order valence-electron chi connectivity index (χ4n) is 3.45. The van der Waals surface area contributed by atoms with E-state index in [9.17, 15) is 20.4 Å². The van der Waals surface area contributed by atoms with Gasteiger partial charge < -0.3 is 41.3 Å². The van der Waals surface area contributed by atoms with Crippen LogP contribution < -0.4 is 10.6 Å². The second-order valence-electron chi connectivity index (χ2n) is 6.37. The monoisotopic (exact) mass is 320 g/mol. The zero-order chi connectivity index (χ0) is 16.3. The van der Waals surface area contributed by atoms with E-state index >= 15 is 0 Å². The Balaban J connectivity index is 1.68. The van der Waals surface area contributed by atoms with Gasteiger partial charge >= 0.3 is 0 Å². The average Bonchev–Trinajstić information content (AvgIpc) is 2.95. The number of aliphatic hydroxyl groups excluding tert-OH is 6. The van der Waals surface area contributed by atoms with Crippen molar-refractivity contribution in [1.29, 1.82) is 0 Å². The molecule has 2 fully saturated rings. The topological polar surface area (TPSA) is 145 Å². The van der Waals surface area contributed by atoms with Gasteiger partial charge in [-0.2, -0.15) is 0 Å². The Morgan fingerprint density at radius 3 is 1.14 bits per heavy atom. The molecule has 8 nitrogen and oxygen atoms in total. The molecule has 0 aromatic carbocycles. The maximum atomic E-state index is 9.88. The Bertz CT molecular complexity index is 315. The van der Waals surface area contributed by atoms with Crippen molar-refractivity contribution in [2.75, 3.05) is 13.2 Å². The van der Waals surface area contributed by atoms with Gasteiger partial charge in [-0.05, 0) is 12.8 Å². The minimum atomic E-state index is -0.950. The van der Waals surface area contributed by atoms with E-state index in [2.05, 4.69) is 10.6 Å². The van der Waals surface area contributed by atoms with Crippen molar-refractivity contribution < 1.29 is 30.6 Å². The highest BCUT2D eigenvalue weighted by atomic mass is 16.3. The number of unbranched alkanes of at least 4 members (excludes halogenated alkanes) is 1. The van der Waals surface area contributed by atoms with Crippen molar-refractivity contribution in [2.24, 2.45) is 0 Å². The van der Waals surface area contributed by atoms with Crippen LogP contribution in [0, 0.1) is 0 Å². The minimum Gasteiger partial charge on any atom is -0.395 e. The first kappa shape index (κ1) is 18.0. The third-order valence-corrected chi connectivity index (χ3v) is 4.88. The SMILES string of the molecule is OC[C@H]1N[C@@H](CCCC[C@@H]2N[C@H](CO)[C@@H](O)[C@H]2O)[C@H](O)[C@@H]1O. The van der Waals surface area contributed by atoms with E-state index in [1.165, 1.54) is 0 Å². The van der Waals surface area contributed by atoms with Gasteiger partial charge in [-0.25, -0.2) is 0 Å². The molecule has 0 aliphatic carbocycles. The Kier molecular flexibility index (Phi) is 6.54. The first-order valence-corrected chi connectivity index (χ1v) is 7.95. The molecule has 0 amide bonds. The van der Waals surface area contributed by atoms with Crippen LogP contribution in [0.5, 0.6) is 0 Å². The molecule has 0 radical (unpaired) electrons. The molecule has 22 heavy (non-hydrogen) atoms. The number of aliphatic hydroxyl groups is 6. The highest BCUT2D eigenvalue weighted by molar-refractivity contribution is 4.99. The molecule has 0 saturated carbocycles. The summed E-state index contributed by atoms with van der Waals surface area (Å²) in [5, 5.41) is 63.3. The van der Waals surface area contributed by atoms with Crippen LogP contribution in [0.2, 0.25) is 0 Å². The second kappa shape index (κ2) is 7.98. The van der Waals surface area contributed by atoms with Gasteiger partial charge in [0.2, 0.25) is 0 Å². The van der Waals surface area contributed by atoms with Crippen LogP contribution in [0.1, 0.15) is 25.7 Å². The van der Waals surface area contributed by atoms with Crippen LogP contribution in [0.3, 0.4) is 0 Å². The predicted molar refractivity (Wildman–Crippen MR) is 78.1 cm³/mol. The van der Waals surface area contributed by atoms with Gasteiger partial charge in [0.15, 0.2) is 0 Å². The van der Waals surface area contributed by atoms with Crippen LogP contribution in [-0.2, 0) is 0 Å². The van der Waals surface area contributed by atoms with E-state index in [4.69, 9.17) is 10.2 Å². The Labute approximate surface area is 129 Å². The van der Waals surface area contributed by atoms with E-state index in [1.54, 1.807) is 0 Å². The van der Waals surface area contributed by atoms with E-state index in [1.807, 2.05) is 0 Å². The maximum absolute atomic E-state index is 9.88. The van der Waals surface area contributed by atoms with E-state index in [-0.39, 0.29) is 25.3 Å². The Morgan fingerprint density at radius 1 is 0.545 bits per heavy atom. The number of nitrogens with one attached hydrogen (secondary N) is 2. The number of hydrogen-bond acceptors (Lipinski definition) is 8. The summed E-state index contributed by atoms with van der Waals surface area (Å²) in [5.74, 6) is 0. The van der Waals surface area contributed by atoms with Crippen LogP contribution in [0.4, 0.5) is 0 Å². The second-order valence-corrected chi connectivity index (χ2v) is 6.37. The fourth-order valence-corrected chi connectivity index (χ4v) is 3.45. The fraction of sp³-hybridized carbons (Fsp3) is 1.00. The third kappa shape index (κ3) is 3.77. The normalized spacial score (nSPS) is 45.5. The first-order chi connectivity index (χ1) is 10.5. The van der Waals surface area contributed by atoms with Gasteiger partial charge in [0.1, 0.15) is 0 Å². The molecule has 0 bridgehead atoms. The molecule has 8 heteroatoms. The van der Waals surface area contributed by atoms with Crippen molar-refractivity contribution >= 4 is 0 Å². The van der Waals surface area contributed by atoms with Gasteiger partial charge in [0.05, 0.1) is 49.7 Å².